The third kappa shape index (κ3) is 7.72. The van der Waals surface area contributed by atoms with Gasteiger partial charge in [-0.3, -0.25) is 4.99 Å². The highest BCUT2D eigenvalue weighted by molar-refractivity contribution is 14.0. The molecule has 2 rings (SSSR count). The molecule has 0 atom stereocenters. The lowest BCUT2D eigenvalue weighted by Gasteiger charge is -2.10. The quantitative estimate of drug-likeness (QED) is 0.245. The van der Waals surface area contributed by atoms with Crippen LogP contribution in [-0.4, -0.2) is 30.6 Å². The van der Waals surface area contributed by atoms with Gasteiger partial charge in [0.1, 0.15) is 12.1 Å². The molecule has 0 aliphatic heterocycles. The van der Waals surface area contributed by atoms with Crippen LogP contribution in [0.15, 0.2) is 39.9 Å². The van der Waals surface area contributed by atoms with Crippen LogP contribution >= 0.6 is 24.0 Å². The second-order valence-electron chi connectivity index (χ2n) is 5.80. The Morgan fingerprint density at radius 3 is 2.62 bits per heavy atom. The fourth-order valence-electron chi connectivity index (χ4n) is 2.35. The van der Waals surface area contributed by atoms with Gasteiger partial charge in [0, 0.05) is 31.6 Å². The van der Waals surface area contributed by atoms with Gasteiger partial charge >= 0.3 is 0 Å². The normalized spacial score (nSPS) is 11.1. The van der Waals surface area contributed by atoms with Crippen molar-refractivity contribution in [1.29, 1.82) is 0 Å². The predicted octanol–water partition coefficient (Wildman–Crippen LogP) is 4.39. The van der Waals surface area contributed by atoms with E-state index in [0.29, 0.717) is 5.89 Å². The molecule has 0 aliphatic carbocycles. The molecule has 0 aliphatic rings. The van der Waals surface area contributed by atoms with Crippen molar-refractivity contribution in [2.45, 2.75) is 39.5 Å². The molecular weight excluding hydrogens is 446 g/mol. The number of halogens is 2. The van der Waals surface area contributed by atoms with Gasteiger partial charge in [0.05, 0.1) is 5.69 Å². The average Bonchev–Trinajstić information content (AvgIpc) is 3.08. The highest BCUT2D eigenvalue weighted by Gasteiger charge is 2.07. The minimum atomic E-state index is -0.270. The maximum atomic E-state index is 13.0. The van der Waals surface area contributed by atoms with Gasteiger partial charge in [-0.1, -0.05) is 19.8 Å². The number of rotatable bonds is 9. The van der Waals surface area contributed by atoms with E-state index in [-0.39, 0.29) is 29.8 Å². The van der Waals surface area contributed by atoms with Crippen molar-refractivity contribution in [3.8, 4) is 11.5 Å². The molecule has 0 unspecified atom stereocenters. The Labute approximate surface area is 171 Å². The summed E-state index contributed by atoms with van der Waals surface area (Å²) in [6, 6.07) is 6.13. The zero-order valence-corrected chi connectivity index (χ0v) is 17.8. The van der Waals surface area contributed by atoms with E-state index in [0.717, 1.165) is 49.7 Å². The Hall–Kier alpha value is -1.64. The molecule has 0 bridgehead atoms. The summed E-state index contributed by atoms with van der Waals surface area (Å²) in [5.74, 6) is 1.07. The lowest BCUT2D eigenvalue weighted by Crippen LogP contribution is -2.38. The van der Waals surface area contributed by atoms with Crippen molar-refractivity contribution in [2.24, 2.45) is 4.99 Å². The predicted molar refractivity (Wildman–Crippen MR) is 115 cm³/mol. The summed E-state index contributed by atoms with van der Waals surface area (Å²) in [5.41, 5.74) is 1.63. The van der Waals surface area contributed by atoms with Crippen molar-refractivity contribution in [3.05, 3.63) is 42.0 Å². The Bertz CT molecular complexity index is 658. The average molecular weight is 474 g/mol. The molecule has 0 saturated carbocycles. The van der Waals surface area contributed by atoms with Crippen molar-refractivity contribution in [2.75, 3.05) is 19.6 Å². The Balaban J connectivity index is 0.00000338. The number of benzene rings is 1. The summed E-state index contributed by atoms with van der Waals surface area (Å²) in [6.45, 7) is 6.62. The van der Waals surface area contributed by atoms with Gasteiger partial charge < -0.3 is 15.1 Å². The van der Waals surface area contributed by atoms with E-state index in [9.17, 15) is 4.39 Å². The standard InChI is InChI=1S/C19H27FN4O.HI/c1-3-5-6-12-22-19(21-4-2)23-13-11-17-14-25-18(24-17)15-7-9-16(20)10-8-15;/h7-10,14H,3-6,11-13H2,1-2H3,(H2,21,22,23);1H. The molecule has 0 saturated heterocycles. The minimum Gasteiger partial charge on any atom is -0.444 e. The van der Waals surface area contributed by atoms with E-state index in [1.807, 2.05) is 0 Å². The van der Waals surface area contributed by atoms with Gasteiger partial charge in [-0.25, -0.2) is 9.37 Å². The SMILES string of the molecule is CCCCCN=C(NCC)NCCc1coc(-c2ccc(F)cc2)n1.I. The van der Waals surface area contributed by atoms with Crippen LogP contribution < -0.4 is 10.6 Å². The van der Waals surface area contributed by atoms with Crippen molar-refractivity contribution in [3.63, 3.8) is 0 Å². The Morgan fingerprint density at radius 2 is 1.92 bits per heavy atom. The first-order valence-electron chi connectivity index (χ1n) is 8.95. The van der Waals surface area contributed by atoms with Crippen molar-refractivity contribution in [1.82, 2.24) is 15.6 Å². The van der Waals surface area contributed by atoms with E-state index in [2.05, 4.69) is 34.5 Å². The van der Waals surface area contributed by atoms with Gasteiger partial charge in [-0.05, 0) is 37.6 Å². The molecule has 0 radical (unpaired) electrons. The molecule has 2 aromatic rings. The largest absolute Gasteiger partial charge is 0.444 e. The molecule has 5 nitrogen and oxygen atoms in total. The fourth-order valence-corrected chi connectivity index (χ4v) is 2.35. The zero-order valence-electron chi connectivity index (χ0n) is 15.4. The third-order valence-corrected chi connectivity index (χ3v) is 3.69. The number of unbranched alkanes of at least 4 members (excludes halogenated alkanes) is 2. The number of nitrogens with one attached hydrogen (secondary N) is 2. The van der Waals surface area contributed by atoms with E-state index in [1.165, 1.54) is 25.0 Å². The van der Waals surface area contributed by atoms with Gasteiger partial charge in [-0.15, -0.1) is 24.0 Å². The van der Waals surface area contributed by atoms with Crippen LogP contribution in [0.1, 0.15) is 38.8 Å². The molecule has 2 N–H and O–H groups in total. The number of nitrogens with zero attached hydrogens (tertiary/aromatic N) is 2. The lowest BCUT2D eigenvalue weighted by atomic mass is 10.2. The number of oxazole rings is 1. The Kier molecular flexibility index (Phi) is 10.9. The third-order valence-electron chi connectivity index (χ3n) is 3.69. The minimum absolute atomic E-state index is 0. The summed E-state index contributed by atoms with van der Waals surface area (Å²) in [7, 11) is 0. The smallest absolute Gasteiger partial charge is 0.226 e. The molecule has 1 aromatic heterocycles. The van der Waals surface area contributed by atoms with Gasteiger partial charge in [0.2, 0.25) is 5.89 Å². The number of hydrogen-bond acceptors (Lipinski definition) is 3. The zero-order chi connectivity index (χ0) is 17.9. The van der Waals surface area contributed by atoms with Gasteiger partial charge in [-0.2, -0.15) is 0 Å². The molecule has 26 heavy (non-hydrogen) atoms. The van der Waals surface area contributed by atoms with Crippen LogP contribution in [0.25, 0.3) is 11.5 Å². The molecule has 7 heteroatoms. The van der Waals surface area contributed by atoms with Crippen molar-refractivity contribution < 1.29 is 8.81 Å². The van der Waals surface area contributed by atoms with Crippen LogP contribution in [-0.2, 0) is 6.42 Å². The maximum Gasteiger partial charge on any atom is 0.226 e. The lowest BCUT2D eigenvalue weighted by molar-refractivity contribution is 0.571. The van der Waals surface area contributed by atoms with Crippen LogP contribution in [0.3, 0.4) is 0 Å². The topological polar surface area (TPSA) is 62.5 Å². The first-order chi connectivity index (χ1) is 12.2. The second-order valence-corrected chi connectivity index (χ2v) is 5.80. The summed E-state index contributed by atoms with van der Waals surface area (Å²) in [4.78, 5) is 9.01. The first-order valence-corrected chi connectivity index (χ1v) is 8.95. The van der Waals surface area contributed by atoms with Gasteiger partial charge in [0.15, 0.2) is 5.96 Å². The van der Waals surface area contributed by atoms with Crippen LogP contribution in [0.5, 0.6) is 0 Å². The van der Waals surface area contributed by atoms with E-state index >= 15 is 0 Å². The molecule has 0 fully saturated rings. The summed E-state index contributed by atoms with van der Waals surface area (Å²) >= 11 is 0. The van der Waals surface area contributed by atoms with Crippen LogP contribution in [0, 0.1) is 5.82 Å². The number of guanidine groups is 1. The molecule has 144 valence electrons. The molecular formula is C19H28FIN4O. The van der Waals surface area contributed by atoms with E-state index < -0.39 is 0 Å². The van der Waals surface area contributed by atoms with E-state index in [1.54, 1.807) is 18.4 Å². The summed E-state index contributed by atoms with van der Waals surface area (Å²) in [6.07, 6.45) is 5.88. The fraction of sp³-hybridized carbons (Fsp3) is 0.474. The summed E-state index contributed by atoms with van der Waals surface area (Å²) < 4.78 is 18.4. The monoisotopic (exact) mass is 474 g/mol. The summed E-state index contributed by atoms with van der Waals surface area (Å²) in [5, 5.41) is 6.55. The first kappa shape index (κ1) is 22.4. The highest BCUT2D eigenvalue weighted by atomic mass is 127. The number of hydrogen-bond donors (Lipinski definition) is 2. The van der Waals surface area contributed by atoms with Gasteiger partial charge in [0.25, 0.3) is 0 Å². The Morgan fingerprint density at radius 1 is 1.15 bits per heavy atom. The van der Waals surface area contributed by atoms with Crippen molar-refractivity contribution >= 4 is 29.9 Å². The van der Waals surface area contributed by atoms with Crippen LogP contribution in [0.4, 0.5) is 4.39 Å². The van der Waals surface area contributed by atoms with E-state index in [4.69, 9.17) is 4.42 Å². The molecule has 1 aromatic carbocycles. The van der Waals surface area contributed by atoms with Crippen LogP contribution in [0.2, 0.25) is 0 Å². The second kappa shape index (κ2) is 12.7. The molecule has 0 amide bonds. The maximum absolute atomic E-state index is 13.0. The number of aromatic nitrogens is 1. The molecule has 0 spiro atoms. The molecule has 1 heterocycles. The highest BCUT2D eigenvalue weighted by Crippen LogP contribution is 2.18. The number of aliphatic imine (C=N–C) groups is 1.